The maximum absolute atomic E-state index is 14.3. The van der Waals surface area contributed by atoms with Crippen molar-refractivity contribution < 1.29 is 14.6 Å². The summed E-state index contributed by atoms with van der Waals surface area (Å²) in [6.45, 7) is 4.40. The zero-order valence-corrected chi connectivity index (χ0v) is 14.0. The summed E-state index contributed by atoms with van der Waals surface area (Å²) in [5.41, 5.74) is 7.14. The molecule has 0 bridgehead atoms. The van der Waals surface area contributed by atoms with E-state index < -0.39 is 12.0 Å². The summed E-state index contributed by atoms with van der Waals surface area (Å²) in [6.07, 6.45) is 8.64. The predicted octanol–water partition coefficient (Wildman–Crippen LogP) is 2.68. The summed E-state index contributed by atoms with van der Waals surface area (Å²) in [4.78, 5) is 0. The fourth-order valence-corrected chi connectivity index (χ4v) is 6.24. The minimum Gasteiger partial charge on any atom is -0.362 e. The van der Waals surface area contributed by atoms with Crippen LogP contribution in [0.2, 0.25) is 0 Å². The lowest BCUT2D eigenvalue weighted by atomic mass is 9.49. The number of hydrogen-bond donors (Lipinski definition) is 3. The minimum absolute atomic E-state index is 0.0849. The van der Waals surface area contributed by atoms with E-state index >= 15 is 0 Å². The normalized spacial score (nSPS) is 54.0. The van der Waals surface area contributed by atoms with Gasteiger partial charge in [0.25, 0.3) is 0 Å². The van der Waals surface area contributed by atoms with Crippen molar-refractivity contribution in [1.82, 2.24) is 0 Å². The van der Waals surface area contributed by atoms with Gasteiger partial charge in [-0.3, -0.25) is 0 Å². The summed E-state index contributed by atoms with van der Waals surface area (Å²) in [6, 6.07) is -0.337. The van der Waals surface area contributed by atoms with Crippen molar-refractivity contribution in [1.29, 1.82) is 0 Å². The highest BCUT2D eigenvalue weighted by atomic mass is 19.1. The van der Waals surface area contributed by atoms with Crippen LogP contribution >= 0.6 is 0 Å². The minimum atomic E-state index is -1.72. The molecule has 0 spiro atoms. The van der Waals surface area contributed by atoms with E-state index in [-0.39, 0.29) is 23.3 Å². The Morgan fingerprint density at radius 2 is 1.96 bits per heavy atom. The number of aliphatic hydroxyl groups is 2. The number of nitrogens with two attached hydrogens (primary N) is 1. The Bertz CT molecular complexity index is 586. The summed E-state index contributed by atoms with van der Waals surface area (Å²) in [5.74, 6) is -0.486. The maximum Gasteiger partial charge on any atom is 0.186 e. The molecular weight excluding hydrogens is 293 g/mol. The van der Waals surface area contributed by atoms with Gasteiger partial charge in [0, 0.05) is 17.9 Å². The Morgan fingerprint density at radius 1 is 1.22 bits per heavy atom. The van der Waals surface area contributed by atoms with E-state index in [1.54, 1.807) is 6.08 Å². The molecule has 23 heavy (non-hydrogen) atoms. The lowest BCUT2D eigenvalue weighted by Gasteiger charge is -2.56. The van der Waals surface area contributed by atoms with Crippen LogP contribution in [0.3, 0.4) is 0 Å². The highest BCUT2D eigenvalue weighted by molar-refractivity contribution is 5.34. The fraction of sp³-hybridized carbons (Fsp3) is 0.789. The maximum atomic E-state index is 14.3. The van der Waals surface area contributed by atoms with Crippen molar-refractivity contribution in [2.24, 2.45) is 34.3 Å². The predicted molar refractivity (Wildman–Crippen MR) is 87.0 cm³/mol. The van der Waals surface area contributed by atoms with Gasteiger partial charge in [0.15, 0.2) is 5.79 Å². The molecule has 2 fully saturated rings. The molecule has 2 saturated carbocycles. The average molecular weight is 321 g/mol. The molecule has 0 unspecified atom stereocenters. The zero-order valence-electron chi connectivity index (χ0n) is 14.0. The van der Waals surface area contributed by atoms with E-state index in [0.29, 0.717) is 24.2 Å². The van der Waals surface area contributed by atoms with Crippen LogP contribution in [-0.2, 0) is 0 Å². The average Bonchev–Trinajstić information content (AvgIpc) is 2.71. The molecule has 7 atom stereocenters. The molecule has 128 valence electrons. The third-order valence-corrected chi connectivity index (χ3v) is 7.75. The van der Waals surface area contributed by atoms with Crippen LogP contribution in [0, 0.1) is 28.6 Å². The van der Waals surface area contributed by atoms with Crippen LogP contribution in [0.5, 0.6) is 0 Å². The topological polar surface area (TPSA) is 66.5 Å². The molecule has 4 rings (SSSR count). The van der Waals surface area contributed by atoms with Gasteiger partial charge in [0.1, 0.15) is 6.17 Å². The Kier molecular flexibility index (Phi) is 3.21. The molecule has 0 amide bonds. The first kappa shape index (κ1) is 15.8. The van der Waals surface area contributed by atoms with E-state index in [9.17, 15) is 14.6 Å². The highest BCUT2D eigenvalue weighted by Gasteiger charge is 2.60. The first-order valence-corrected chi connectivity index (χ1v) is 8.92. The van der Waals surface area contributed by atoms with Crippen LogP contribution in [-0.4, -0.2) is 28.2 Å². The number of alkyl halides is 1. The first-order chi connectivity index (χ1) is 10.7. The highest BCUT2D eigenvalue weighted by Crippen LogP contribution is 2.64. The van der Waals surface area contributed by atoms with Gasteiger partial charge in [-0.25, -0.2) is 4.39 Å². The molecular formula is C19H28FNO2. The Morgan fingerprint density at radius 3 is 2.70 bits per heavy atom. The first-order valence-electron chi connectivity index (χ1n) is 8.92. The van der Waals surface area contributed by atoms with Gasteiger partial charge in [-0.05, 0) is 54.9 Å². The van der Waals surface area contributed by atoms with Crippen molar-refractivity contribution >= 4 is 0 Å². The van der Waals surface area contributed by atoms with E-state index in [1.807, 2.05) is 6.08 Å². The van der Waals surface area contributed by atoms with Gasteiger partial charge in [0.2, 0.25) is 0 Å². The van der Waals surface area contributed by atoms with Gasteiger partial charge in [-0.1, -0.05) is 31.6 Å². The van der Waals surface area contributed by atoms with Crippen molar-refractivity contribution in [3.05, 3.63) is 23.8 Å². The van der Waals surface area contributed by atoms with E-state index in [1.165, 1.54) is 0 Å². The molecule has 3 nitrogen and oxygen atoms in total. The number of rotatable bonds is 0. The van der Waals surface area contributed by atoms with Gasteiger partial charge in [-0.15, -0.1) is 0 Å². The monoisotopic (exact) mass is 321 g/mol. The Labute approximate surface area is 137 Å². The summed E-state index contributed by atoms with van der Waals surface area (Å²) >= 11 is 0. The van der Waals surface area contributed by atoms with Crippen LogP contribution in [0.4, 0.5) is 4.39 Å². The number of halogens is 1. The Hall–Kier alpha value is -0.710. The third-order valence-electron chi connectivity index (χ3n) is 7.75. The van der Waals surface area contributed by atoms with Crippen LogP contribution in [0.1, 0.15) is 46.0 Å². The largest absolute Gasteiger partial charge is 0.362 e. The van der Waals surface area contributed by atoms with Gasteiger partial charge < -0.3 is 15.9 Å². The number of allylic oxidation sites excluding steroid dienone is 2. The van der Waals surface area contributed by atoms with Crippen molar-refractivity contribution in [2.45, 2.75) is 64.0 Å². The fourth-order valence-electron chi connectivity index (χ4n) is 6.24. The molecule has 0 aromatic rings. The van der Waals surface area contributed by atoms with Gasteiger partial charge in [0.05, 0.1) is 0 Å². The molecule has 0 saturated heterocycles. The second-order valence-electron chi connectivity index (χ2n) is 8.84. The molecule has 0 radical (unpaired) electrons. The summed E-state index contributed by atoms with van der Waals surface area (Å²) in [5, 5.41) is 19.9. The van der Waals surface area contributed by atoms with Gasteiger partial charge >= 0.3 is 0 Å². The van der Waals surface area contributed by atoms with Crippen molar-refractivity contribution in [3.63, 3.8) is 0 Å². The molecule has 4 heteroatoms. The molecule has 0 aliphatic heterocycles. The van der Waals surface area contributed by atoms with Crippen LogP contribution < -0.4 is 5.73 Å². The van der Waals surface area contributed by atoms with E-state index in [4.69, 9.17) is 5.73 Å². The lowest BCUT2D eigenvalue weighted by Crippen LogP contribution is -2.52. The standard InChI is InChI=1S/C19H28FNO2/c1-17-7-8-19(22,23)10-11(17)3-4-12-13(17)5-6-18(2)14(12)9-15(20)16(18)21/h3,7-8,12-16,22-23H,4-6,9-10,21H2,1-2H3/t12-,13+,14+,15+,16+,17+,18+/m1/s1. The molecule has 0 heterocycles. The van der Waals surface area contributed by atoms with E-state index in [2.05, 4.69) is 19.9 Å². The van der Waals surface area contributed by atoms with Crippen LogP contribution in [0.15, 0.2) is 23.8 Å². The summed E-state index contributed by atoms with van der Waals surface area (Å²) < 4.78 is 14.3. The SMILES string of the molecule is C[C@]12CC[C@H]3[C@@H](CC=C4CC(O)(O)C=C[C@@]43C)[C@@H]1C[C@H](F)[C@@H]2N. The number of fused-ring (bicyclic) bond motifs is 5. The quantitative estimate of drug-likeness (QED) is 0.475. The molecule has 4 aliphatic carbocycles. The second-order valence-corrected chi connectivity index (χ2v) is 8.84. The summed E-state index contributed by atoms with van der Waals surface area (Å²) in [7, 11) is 0. The smallest absolute Gasteiger partial charge is 0.186 e. The molecule has 4 aliphatic rings. The van der Waals surface area contributed by atoms with Crippen molar-refractivity contribution in [3.8, 4) is 0 Å². The van der Waals surface area contributed by atoms with Gasteiger partial charge in [-0.2, -0.15) is 0 Å². The zero-order chi connectivity index (χ0) is 16.6. The molecule has 4 N–H and O–H groups in total. The van der Waals surface area contributed by atoms with Crippen molar-refractivity contribution in [2.75, 3.05) is 0 Å². The van der Waals surface area contributed by atoms with E-state index in [0.717, 1.165) is 24.8 Å². The second kappa shape index (κ2) is 4.68. The molecule has 0 aromatic heterocycles. The lowest BCUT2D eigenvalue weighted by molar-refractivity contribution is -0.127. The number of hydrogen-bond acceptors (Lipinski definition) is 3. The Balaban J connectivity index is 1.71. The van der Waals surface area contributed by atoms with Crippen LogP contribution in [0.25, 0.3) is 0 Å². The third kappa shape index (κ3) is 2.04. The molecule has 0 aromatic carbocycles.